The van der Waals surface area contributed by atoms with Crippen LogP contribution >= 0.6 is 22.6 Å². The molecule has 5 nitrogen and oxygen atoms in total. The number of amides is 1. The number of fused-ring (bicyclic) bond motifs is 5. The van der Waals surface area contributed by atoms with E-state index in [2.05, 4.69) is 89.4 Å². The van der Waals surface area contributed by atoms with Crippen molar-refractivity contribution in [3.8, 4) is 0 Å². The van der Waals surface area contributed by atoms with Gasteiger partial charge in [-0.25, -0.2) is 0 Å². The van der Waals surface area contributed by atoms with E-state index in [1.54, 1.807) is 4.90 Å². The highest BCUT2D eigenvalue weighted by Crippen LogP contribution is 2.56. The maximum absolute atomic E-state index is 14.2. The topological polar surface area (TPSA) is 66.8 Å². The van der Waals surface area contributed by atoms with Crippen molar-refractivity contribution in [2.45, 2.75) is 174 Å². The van der Waals surface area contributed by atoms with Crippen LogP contribution in [-0.4, -0.2) is 57.7 Å². The number of nitrogens with zero attached hydrogens (tertiary/aromatic N) is 1. The minimum atomic E-state index is -1.60. The highest BCUT2D eigenvalue weighted by atomic mass is 127. The third-order valence-electron chi connectivity index (χ3n) is 12.7. The molecule has 1 saturated heterocycles. The quantitative estimate of drug-likeness (QED) is 0.0652. The summed E-state index contributed by atoms with van der Waals surface area (Å²) in [7, 11) is -1.60. The molecule has 7 heteroatoms. The molecule has 1 heterocycles. The Morgan fingerprint density at radius 1 is 1.07 bits per heavy atom. The van der Waals surface area contributed by atoms with Crippen molar-refractivity contribution < 1.29 is 19.4 Å². The molecule has 1 aliphatic heterocycles. The zero-order chi connectivity index (χ0) is 35.3. The Hall–Kier alpha value is -0.253. The summed E-state index contributed by atoms with van der Waals surface area (Å²) >= 11 is 2.75. The number of hydrogen-bond donors (Lipinski definition) is 1. The van der Waals surface area contributed by atoms with E-state index in [0.29, 0.717) is 27.9 Å². The van der Waals surface area contributed by atoms with Crippen LogP contribution in [0.15, 0.2) is 12.2 Å². The number of allylic oxidation sites excluding steroid dienone is 2. The molecule has 0 aromatic heterocycles. The summed E-state index contributed by atoms with van der Waals surface area (Å²) in [6, 6.07) is 1.15. The Bertz CT molecular complexity index is 1130. The lowest BCUT2D eigenvalue weighted by atomic mass is 9.72. The first-order chi connectivity index (χ1) is 20.9. The van der Waals surface area contributed by atoms with Crippen LogP contribution in [0.1, 0.15) is 128 Å². The van der Waals surface area contributed by atoms with E-state index in [1.807, 2.05) is 41.5 Å². The summed E-state index contributed by atoms with van der Waals surface area (Å²) in [5.41, 5.74) is -1.31. The van der Waals surface area contributed by atoms with Crippen molar-refractivity contribution in [3.63, 3.8) is 0 Å². The van der Waals surface area contributed by atoms with Gasteiger partial charge in [0.2, 0.25) is 5.91 Å². The van der Waals surface area contributed by atoms with Crippen molar-refractivity contribution in [1.82, 2.24) is 4.90 Å². The number of likely N-dealkylation sites (tertiary alicyclic amines) is 1. The van der Waals surface area contributed by atoms with E-state index in [4.69, 9.17) is 4.74 Å². The van der Waals surface area contributed by atoms with Crippen LogP contribution in [0.5, 0.6) is 0 Å². The molecule has 2 bridgehead atoms. The van der Waals surface area contributed by atoms with E-state index in [0.717, 1.165) is 12.5 Å². The van der Waals surface area contributed by atoms with Crippen molar-refractivity contribution in [2.75, 3.05) is 6.61 Å². The van der Waals surface area contributed by atoms with Crippen LogP contribution in [-0.2, 0) is 14.3 Å². The summed E-state index contributed by atoms with van der Waals surface area (Å²) in [6.07, 6.45) is 11.4. The smallest absolute Gasteiger partial charge is 0.229 e. The molecule has 266 valence electrons. The fraction of sp³-hybridized carbons (Fsp3) is 0.897. The molecular formula is C39H70INO4Si. The van der Waals surface area contributed by atoms with Crippen LogP contribution in [0.3, 0.4) is 0 Å². The van der Waals surface area contributed by atoms with Crippen LogP contribution in [0, 0.1) is 39.9 Å². The van der Waals surface area contributed by atoms with Crippen molar-refractivity contribution in [3.05, 3.63) is 12.2 Å². The Balaban J connectivity index is 1.62. The van der Waals surface area contributed by atoms with Gasteiger partial charge in [-0.05, 0) is 94.1 Å². The number of aliphatic hydroxyl groups is 1. The minimum absolute atomic E-state index is 0.0295. The molecule has 3 rings (SSSR count). The third kappa shape index (κ3) is 8.37. The van der Waals surface area contributed by atoms with Crippen molar-refractivity contribution in [1.29, 1.82) is 0 Å². The molecule has 2 fully saturated rings. The third-order valence-corrected chi connectivity index (χ3v) is 19.4. The lowest BCUT2D eigenvalue weighted by molar-refractivity contribution is -0.159. The molecule has 3 aliphatic rings. The second-order valence-electron chi connectivity index (χ2n) is 19.2. The Morgan fingerprint density at radius 3 is 2.20 bits per heavy atom. The summed E-state index contributed by atoms with van der Waals surface area (Å²) in [4.78, 5) is 29.5. The summed E-state index contributed by atoms with van der Waals surface area (Å²) in [5, 5.41) is 11.4. The molecule has 0 aromatic rings. The molecule has 1 N–H and O–H groups in total. The minimum Gasteiger partial charge on any atom is -0.373 e. The number of aliphatic hydroxyl groups excluding tert-OH is 1. The highest BCUT2D eigenvalue weighted by molar-refractivity contribution is 14.1. The fourth-order valence-electron chi connectivity index (χ4n) is 9.75. The van der Waals surface area contributed by atoms with E-state index < -0.39 is 30.9 Å². The van der Waals surface area contributed by atoms with Crippen LogP contribution in [0.4, 0.5) is 0 Å². The van der Waals surface area contributed by atoms with Gasteiger partial charge in [0, 0.05) is 20.8 Å². The maximum Gasteiger partial charge on any atom is 0.229 e. The van der Waals surface area contributed by atoms with Gasteiger partial charge < -0.3 is 14.7 Å². The Labute approximate surface area is 298 Å². The standard InChI is InChI=1S/C39H70INO4Si/c1-15-17-20-39(12,16-2)29(40)21-26(3)46(13,14)25-35(4,5)24-45-38(10,11)34(44)36(6,7)23-37(8,9)41-32(42)30-27-18-19-28(22-27)31(30)33(41)43/h18-19,26-32,42H,15-17,20-25H2,1-14H3/t26?,27-,28?,29+,30?,31?,32?,39?/m0/s1. The SMILES string of the molecule is CCCCC(C)(CC)[C@H](I)CC(C)[Si](C)(C)CC(C)(C)COC(C)(C)C(=O)C(C)(C)CC(C)(C)N1C(=O)C2C3C=C[C@@H](C3)C2C1O. The molecule has 0 radical (unpaired) electrons. The van der Waals surface area contributed by atoms with Gasteiger partial charge in [0.25, 0.3) is 0 Å². The van der Waals surface area contributed by atoms with Gasteiger partial charge in [-0.15, -0.1) is 0 Å². The summed E-state index contributed by atoms with van der Waals surface area (Å²) < 4.78 is 7.25. The second kappa shape index (κ2) is 14.2. The average Bonchev–Trinajstić information content (AvgIpc) is 3.62. The van der Waals surface area contributed by atoms with Gasteiger partial charge in [0.15, 0.2) is 5.78 Å². The van der Waals surface area contributed by atoms with Gasteiger partial charge in [-0.1, -0.05) is 116 Å². The number of unbranched alkanes of at least 4 members (excludes halogenated alkanes) is 1. The number of alkyl halides is 1. The summed E-state index contributed by atoms with van der Waals surface area (Å²) in [6.45, 7) is 31.7. The number of carbonyl (C=O) groups excluding carboxylic acids is 2. The predicted molar refractivity (Wildman–Crippen MR) is 204 cm³/mol. The van der Waals surface area contributed by atoms with Gasteiger partial charge in [-0.3, -0.25) is 9.59 Å². The number of ether oxygens (including phenoxy) is 1. The molecule has 0 spiro atoms. The largest absolute Gasteiger partial charge is 0.373 e. The highest BCUT2D eigenvalue weighted by Gasteiger charge is 2.62. The molecule has 6 unspecified atom stereocenters. The lowest BCUT2D eigenvalue weighted by Gasteiger charge is -2.45. The maximum atomic E-state index is 14.2. The monoisotopic (exact) mass is 771 g/mol. The number of hydrogen-bond acceptors (Lipinski definition) is 4. The van der Waals surface area contributed by atoms with Crippen molar-refractivity contribution >= 4 is 42.4 Å². The van der Waals surface area contributed by atoms with E-state index in [9.17, 15) is 14.7 Å². The summed E-state index contributed by atoms with van der Waals surface area (Å²) in [5.74, 6) is 0.468. The van der Waals surface area contributed by atoms with Crippen molar-refractivity contribution in [2.24, 2.45) is 39.9 Å². The zero-order valence-electron chi connectivity index (χ0n) is 32.1. The molecule has 46 heavy (non-hydrogen) atoms. The van der Waals surface area contributed by atoms with Gasteiger partial charge in [0.05, 0.1) is 20.6 Å². The first-order valence-electron chi connectivity index (χ1n) is 18.4. The second-order valence-corrected chi connectivity index (χ2v) is 26.0. The molecule has 1 amide bonds. The van der Waals surface area contributed by atoms with E-state index in [1.165, 1.54) is 32.1 Å². The van der Waals surface area contributed by atoms with E-state index >= 15 is 0 Å². The number of carbonyl (C=O) groups is 2. The van der Waals surface area contributed by atoms with Gasteiger partial charge >= 0.3 is 0 Å². The first-order valence-corrected chi connectivity index (χ1v) is 22.9. The molecule has 1 saturated carbocycles. The van der Waals surface area contributed by atoms with Crippen LogP contribution < -0.4 is 0 Å². The zero-order valence-corrected chi connectivity index (χ0v) is 35.2. The number of ketones is 1. The normalized spacial score (nSPS) is 28.0. The fourth-order valence-corrected chi connectivity index (χ4v) is 15.5. The van der Waals surface area contributed by atoms with Crippen LogP contribution in [0.2, 0.25) is 24.7 Å². The lowest BCUT2D eigenvalue weighted by Crippen LogP contribution is -2.55. The molecular weight excluding hydrogens is 701 g/mol. The number of rotatable bonds is 18. The Kier molecular flexibility index (Phi) is 12.4. The van der Waals surface area contributed by atoms with Gasteiger partial charge in [-0.2, -0.15) is 0 Å². The first kappa shape index (κ1) is 40.2. The Morgan fingerprint density at radius 2 is 1.65 bits per heavy atom. The van der Waals surface area contributed by atoms with Crippen LogP contribution in [0.25, 0.3) is 0 Å². The molecule has 8 atom stereocenters. The number of halogens is 1. The number of Topliss-reactive ketones (excluding diaryl/α,β-unsaturated/α-hetero) is 1. The molecule has 0 aromatic carbocycles. The van der Waals surface area contributed by atoms with Gasteiger partial charge in [0.1, 0.15) is 11.8 Å². The van der Waals surface area contributed by atoms with E-state index in [-0.39, 0.29) is 40.8 Å². The average molecular weight is 772 g/mol. The molecule has 2 aliphatic carbocycles. The predicted octanol–water partition coefficient (Wildman–Crippen LogP) is 10.1.